The van der Waals surface area contributed by atoms with Crippen molar-refractivity contribution in [3.63, 3.8) is 0 Å². The highest BCUT2D eigenvalue weighted by Crippen LogP contribution is 2.35. The molecule has 0 spiro atoms. The third-order valence-electron chi connectivity index (χ3n) is 5.91. The first-order valence-electron chi connectivity index (χ1n) is 10.2. The van der Waals surface area contributed by atoms with E-state index in [9.17, 15) is 8.42 Å². The van der Waals surface area contributed by atoms with E-state index in [1.807, 2.05) is 28.7 Å². The van der Waals surface area contributed by atoms with Gasteiger partial charge in [-0.1, -0.05) is 49.6 Å². The van der Waals surface area contributed by atoms with Gasteiger partial charge in [0.25, 0.3) is 10.0 Å². The maximum absolute atomic E-state index is 13.2. The SMILES string of the molecule is CN(c1nc2ccccc2n2c(C3CCCCC3)nnc12)S(=O)(=O)c1ccccc1. The number of fused-ring (bicyclic) bond motifs is 3. The molecule has 2 heterocycles. The van der Waals surface area contributed by atoms with Gasteiger partial charge in [0, 0.05) is 13.0 Å². The first kappa shape index (κ1) is 19.0. The van der Waals surface area contributed by atoms with Gasteiger partial charge in [-0.25, -0.2) is 17.7 Å². The van der Waals surface area contributed by atoms with Crippen LogP contribution in [0.1, 0.15) is 43.8 Å². The molecule has 154 valence electrons. The summed E-state index contributed by atoms with van der Waals surface area (Å²) in [7, 11) is -2.26. The predicted molar refractivity (Wildman–Crippen MR) is 116 cm³/mol. The molecule has 1 saturated carbocycles. The van der Waals surface area contributed by atoms with Crippen LogP contribution in [0.5, 0.6) is 0 Å². The van der Waals surface area contributed by atoms with Gasteiger partial charge in [-0.2, -0.15) is 0 Å². The van der Waals surface area contributed by atoms with Crippen LogP contribution in [-0.4, -0.2) is 35.0 Å². The van der Waals surface area contributed by atoms with E-state index >= 15 is 0 Å². The van der Waals surface area contributed by atoms with Gasteiger partial charge >= 0.3 is 0 Å². The van der Waals surface area contributed by atoms with Crippen LogP contribution in [0.25, 0.3) is 16.7 Å². The Hall–Kier alpha value is -3.00. The highest BCUT2D eigenvalue weighted by Gasteiger charge is 2.28. The molecule has 0 saturated heterocycles. The van der Waals surface area contributed by atoms with E-state index in [-0.39, 0.29) is 10.7 Å². The summed E-state index contributed by atoms with van der Waals surface area (Å²) in [4.78, 5) is 4.89. The standard InChI is InChI=1S/C22H23N5O2S/c1-26(30(28,29)17-12-6-3-7-13-17)21-22-25-24-20(16-10-4-2-5-11-16)27(22)19-15-9-8-14-18(19)23-21/h3,6-9,12-16H,2,4-5,10-11H2,1H3. The Morgan fingerprint density at radius 1 is 0.933 bits per heavy atom. The molecule has 7 nitrogen and oxygen atoms in total. The number of aromatic nitrogens is 4. The number of benzene rings is 2. The van der Waals surface area contributed by atoms with Crippen molar-refractivity contribution in [3.8, 4) is 0 Å². The summed E-state index contributed by atoms with van der Waals surface area (Å²) >= 11 is 0. The average molecular weight is 422 g/mol. The summed E-state index contributed by atoms with van der Waals surface area (Å²) in [6, 6.07) is 16.1. The molecule has 0 N–H and O–H groups in total. The molecule has 30 heavy (non-hydrogen) atoms. The second-order valence-electron chi connectivity index (χ2n) is 7.76. The number of sulfonamides is 1. The van der Waals surface area contributed by atoms with Gasteiger partial charge in [0.15, 0.2) is 5.82 Å². The summed E-state index contributed by atoms with van der Waals surface area (Å²) < 4.78 is 29.7. The Bertz CT molecular complexity index is 1310. The summed E-state index contributed by atoms with van der Waals surface area (Å²) in [5, 5.41) is 8.93. The first-order chi connectivity index (χ1) is 14.6. The molecule has 1 aliphatic rings. The summed E-state index contributed by atoms with van der Waals surface area (Å²) in [5.41, 5.74) is 2.08. The lowest BCUT2D eigenvalue weighted by Crippen LogP contribution is -2.28. The molecular formula is C22H23N5O2S. The van der Waals surface area contributed by atoms with Crippen LogP contribution in [0.15, 0.2) is 59.5 Å². The van der Waals surface area contributed by atoms with Crippen molar-refractivity contribution in [2.75, 3.05) is 11.4 Å². The molecule has 5 rings (SSSR count). The molecule has 2 aromatic heterocycles. The maximum atomic E-state index is 13.2. The molecule has 1 aliphatic carbocycles. The molecule has 1 fully saturated rings. The lowest BCUT2D eigenvalue weighted by molar-refractivity contribution is 0.427. The Labute approximate surface area is 175 Å². The zero-order valence-corrected chi connectivity index (χ0v) is 17.6. The molecule has 0 bridgehead atoms. The van der Waals surface area contributed by atoms with E-state index in [1.54, 1.807) is 30.3 Å². The van der Waals surface area contributed by atoms with E-state index in [0.29, 0.717) is 17.1 Å². The Balaban J connectivity index is 1.73. The van der Waals surface area contributed by atoms with Crippen LogP contribution in [-0.2, 0) is 10.0 Å². The zero-order valence-electron chi connectivity index (χ0n) is 16.8. The van der Waals surface area contributed by atoms with Crippen LogP contribution in [0, 0.1) is 0 Å². The first-order valence-corrected chi connectivity index (χ1v) is 11.7. The normalized spacial score (nSPS) is 15.6. The minimum atomic E-state index is -3.78. The second-order valence-corrected chi connectivity index (χ2v) is 9.73. The largest absolute Gasteiger partial charge is 0.274 e. The third-order valence-corrected chi connectivity index (χ3v) is 7.67. The number of anilines is 1. The minimum absolute atomic E-state index is 0.215. The average Bonchev–Trinajstić information content (AvgIpc) is 3.25. The van der Waals surface area contributed by atoms with Gasteiger partial charge in [-0.05, 0) is 37.1 Å². The number of para-hydroxylation sites is 2. The number of rotatable bonds is 4. The van der Waals surface area contributed by atoms with Crippen LogP contribution < -0.4 is 4.31 Å². The van der Waals surface area contributed by atoms with Crippen LogP contribution >= 0.6 is 0 Å². The van der Waals surface area contributed by atoms with E-state index in [4.69, 9.17) is 0 Å². The molecule has 2 aromatic carbocycles. The molecule has 0 radical (unpaired) electrons. The summed E-state index contributed by atoms with van der Waals surface area (Å²) in [6.07, 6.45) is 5.75. The monoisotopic (exact) mass is 421 g/mol. The number of hydrogen-bond acceptors (Lipinski definition) is 5. The highest BCUT2D eigenvalue weighted by atomic mass is 32.2. The molecule has 8 heteroatoms. The van der Waals surface area contributed by atoms with Crippen molar-refractivity contribution in [3.05, 3.63) is 60.4 Å². The summed E-state index contributed by atoms with van der Waals surface area (Å²) in [5.74, 6) is 1.51. The Morgan fingerprint density at radius 2 is 1.63 bits per heavy atom. The topological polar surface area (TPSA) is 80.5 Å². The lowest BCUT2D eigenvalue weighted by atomic mass is 9.89. The van der Waals surface area contributed by atoms with Crippen molar-refractivity contribution in [1.82, 2.24) is 19.6 Å². The molecular weight excluding hydrogens is 398 g/mol. The van der Waals surface area contributed by atoms with Crippen LogP contribution in [0.2, 0.25) is 0 Å². The van der Waals surface area contributed by atoms with Gasteiger partial charge in [0.1, 0.15) is 5.82 Å². The molecule has 0 aliphatic heterocycles. The fraction of sp³-hybridized carbons (Fsp3) is 0.318. The highest BCUT2D eigenvalue weighted by molar-refractivity contribution is 7.92. The zero-order chi connectivity index (χ0) is 20.7. The molecule has 0 amide bonds. The quantitative estimate of drug-likeness (QED) is 0.494. The van der Waals surface area contributed by atoms with Crippen molar-refractivity contribution in [2.45, 2.75) is 42.9 Å². The van der Waals surface area contributed by atoms with Gasteiger partial charge in [0.05, 0.1) is 15.9 Å². The van der Waals surface area contributed by atoms with E-state index < -0.39 is 10.0 Å². The fourth-order valence-electron chi connectivity index (χ4n) is 4.29. The minimum Gasteiger partial charge on any atom is -0.274 e. The van der Waals surface area contributed by atoms with Crippen molar-refractivity contribution in [1.29, 1.82) is 0 Å². The van der Waals surface area contributed by atoms with E-state index in [1.165, 1.54) is 30.6 Å². The van der Waals surface area contributed by atoms with E-state index in [0.717, 1.165) is 24.2 Å². The number of hydrogen-bond donors (Lipinski definition) is 0. The smallest absolute Gasteiger partial charge is 0.265 e. The van der Waals surface area contributed by atoms with Gasteiger partial charge < -0.3 is 0 Å². The maximum Gasteiger partial charge on any atom is 0.265 e. The number of nitrogens with zero attached hydrogens (tertiary/aromatic N) is 5. The van der Waals surface area contributed by atoms with Crippen molar-refractivity contribution in [2.24, 2.45) is 0 Å². The molecule has 0 unspecified atom stereocenters. The van der Waals surface area contributed by atoms with Crippen molar-refractivity contribution < 1.29 is 8.42 Å². The third kappa shape index (κ3) is 3.02. The molecule has 0 atom stereocenters. The van der Waals surface area contributed by atoms with E-state index in [2.05, 4.69) is 15.2 Å². The molecule has 4 aromatic rings. The van der Waals surface area contributed by atoms with Crippen LogP contribution in [0.3, 0.4) is 0 Å². The Kier molecular flexibility index (Phi) is 4.66. The van der Waals surface area contributed by atoms with Gasteiger partial charge in [-0.3, -0.25) is 4.40 Å². The second kappa shape index (κ2) is 7.36. The lowest BCUT2D eigenvalue weighted by Gasteiger charge is -2.22. The van der Waals surface area contributed by atoms with Crippen LogP contribution in [0.4, 0.5) is 5.82 Å². The van der Waals surface area contributed by atoms with Gasteiger partial charge in [0.2, 0.25) is 5.65 Å². The summed E-state index contributed by atoms with van der Waals surface area (Å²) in [6.45, 7) is 0. The predicted octanol–water partition coefficient (Wildman–Crippen LogP) is 4.15. The fourth-order valence-corrected chi connectivity index (χ4v) is 5.46. The van der Waals surface area contributed by atoms with Crippen molar-refractivity contribution >= 4 is 32.5 Å². The van der Waals surface area contributed by atoms with Gasteiger partial charge in [-0.15, -0.1) is 10.2 Å². The Morgan fingerprint density at radius 3 is 2.40 bits per heavy atom.